The van der Waals surface area contributed by atoms with Crippen LogP contribution in [0.4, 0.5) is 5.69 Å². The van der Waals surface area contributed by atoms with E-state index in [1.54, 1.807) is 31.2 Å². The highest BCUT2D eigenvalue weighted by Crippen LogP contribution is 2.36. The van der Waals surface area contributed by atoms with E-state index in [0.717, 1.165) is 17.5 Å². The molecule has 0 aliphatic heterocycles. The number of anilines is 1. The van der Waals surface area contributed by atoms with Gasteiger partial charge in [0.2, 0.25) is 0 Å². The van der Waals surface area contributed by atoms with Gasteiger partial charge in [-0.3, -0.25) is 4.79 Å². The van der Waals surface area contributed by atoms with Crippen molar-refractivity contribution in [2.75, 3.05) is 18.3 Å². The van der Waals surface area contributed by atoms with E-state index in [-0.39, 0.29) is 45.3 Å². The number of sulfone groups is 1. The van der Waals surface area contributed by atoms with Crippen LogP contribution >= 0.6 is 0 Å². The van der Waals surface area contributed by atoms with Gasteiger partial charge in [0.1, 0.15) is 23.1 Å². The molecule has 4 aromatic carbocycles. The van der Waals surface area contributed by atoms with Crippen LogP contribution in [0.25, 0.3) is 0 Å². The summed E-state index contributed by atoms with van der Waals surface area (Å²) in [5.74, 6) is -1.16. The number of nitrogens with one attached hydrogen (secondary N) is 1. The van der Waals surface area contributed by atoms with Crippen LogP contribution in [0.5, 0.6) is 17.2 Å². The minimum Gasteiger partial charge on any atom is -0.506 e. The van der Waals surface area contributed by atoms with E-state index in [2.05, 4.69) is 23.9 Å². The molecule has 0 bridgehead atoms. The van der Waals surface area contributed by atoms with Gasteiger partial charge in [-0.05, 0) is 85.0 Å². The van der Waals surface area contributed by atoms with Crippen molar-refractivity contribution in [2.24, 2.45) is 0 Å². The van der Waals surface area contributed by atoms with E-state index in [1.165, 1.54) is 55.6 Å². The van der Waals surface area contributed by atoms with E-state index in [0.29, 0.717) is 16.7 Å². The normalized spacial score (nSPS) is 12.0. The van der Waals surface area contributed by atoms with Gasteiger partial charge in [-0.15, -0.1) is 0 Å². The van der Waals surface area contributed by atoms with Gasteiger partial charge in [0.25, 0.3) is 5.91 Å². The molecule has 236 valence electrons. The Balaban J connectivity index is 1.62. The minimum absolute atomic E-state index is 0.0175. The molecular weight excluding hydrogens is 596 g/mol. The molecule has 4 aromatic rings. The molecule has 1 atom stereocenters. The van der Waals surface area contributed by atoms with Gasteiger partial charge < -0.3 is 25.1 Å². The van der Waals surface area contributed by atoms with Crippen molar-refractivity contribution >= 4 is 27.4 Å². The summed E-state index contributed by atoms with van der Waals surface area (Å²) in [5.41, 5.74) is 2.67. The van der Waals surface area contributed by atoms with Gasteiger partial charge in [0.05, 0.1) is 29.8 Å². The molecule has 0 spiro atoms. The Hall–Kier alpha value is -4.71. The van der Waals surface area contributed by atoms with Crippen LogP contribution in [0, 0.1) is 6.92 Å². The summed E-state index contributed by atoms with van der Waals surface area (Å²) in [6.07, 6.45) is 0.967. The number of aryl methyl sites for hydroxylation is 1. The van der Waals surface area contributed by atoms with Crippen molar-refractivity contribution in [3.05, 3.63) is 113 Å². The second kappa shape index (κ2) is 14.4. The van der Waals surface area contributed by atoms with Crippen LogP contribution in [0.2, 0.25) is 0 Å². The highest BCUT2D eigenvalue weighted by Gasteiger charge is 2.22. The fourth-order valence-electron chi connectivity index (χ4n) is 4.55. The van der Waals surface area contributed by atoms with E-state index >= 15 is 0 Å². The molecular formula is C34H36N2O8S. The first-order valence-electron chi connectivity index (χ1n) is 14.3. The zero-order valence-electron chi connectivity index (χ0n) is 25.5. The van der Waals surface area contributed by atoms with E-state index in [9.17, 15) is 28.3 Å². The summed E-state index contributed by atoms with van der Waals surface area (Å²) >= 11 is 0. The van der Waals surface area contributed by atoms with Crippen LogP contribution in [0.15, 0.2) is 89.8 Å². The lowest BCUT2D eigenvalue weighted by Crippen LogP contribution is -2.26. The van der Waals surface area contributed by atoms with Crippen molar-refractivity contribution in [1.29, 1.82) is 0 Å². The van der Waals surface area contributed by atoms with Crippen LogP contribution < -0.4 is 10.1 Å². The summed E-state index contributed by atoms with van der Waals surface area (Å²) in [5, 5.41) is 24.8. The average molecular weight is 633 g/mol. The Morgan fingerprint density at radius 3 is 2.24 bits per heavy atom. The monoisotopic (exact) mass is 632 g/mol. The summed E-state index contributed by atoms with van der Waals surface area (Å²) in [6.45, 7) is 5.67. The van der Waals surface area contributed by atoms with Crippen molar-refractivity contribution in [1.82, 2.24) is 5.06 Å². The molecule has 0 radical (unpaired) electrons. The standard InChI is InChI=1S/C34H36N2O8S/c1-5-23(3)24-13-15-28(16-14-24)44-32-19-30(35-33(38)25-9-11-26(12-10-25)34(39)43-4)31(37)18-27(32)20-36(40)21-45(41,42)29-8-6-7-22(2)17-29/h6-19,23,37,40H,5,20-21H2,1-4H3,(H,35,38). The predicted molar refractivity (Wildman–Crippen MR) is 170 cm³/mol. The molecule has 0 saturated heterocycles. The molecule has 0 saturated carbocycles. The lowest BCUT2D eigenvalue weighted by molar-refractivity contribution is -0.0822. The molecule has 10 nitrogen and oxygen atoms in total. The average Bonchev–Trinajstić information content (AvgIpc) is 3.02. The molecule has 0 aliphatic carbocycles. The fourth-order valence-corrected chi connectivity index (χ4v) is 5.83. The minimum atomic E-state index is -3.88. The van der Waals surface area contributed by atoms with Gasteiger partial charge in [-0.2, -0.15) is 5.06 Å². The Morgan fingerprint density at radius 1 is 0.956 bits per heavy atom. The summed E-state index contributed by atoms with van der Waals surface area (Å²) in [7, 11) is -2.62. The van der Waals surface area contributed by atoms with Gasteiger partial charge in [0.15, 0.2) is 9.84 Å². The second-order valence-electron chi connectivity index (χ2n) is 10.7. The number of esters is 1. The number of phenols is 1. The number of ether oxygens (including phenoxy) is 2. The smallest absolute Gasteiger partial charge is 0.337 e. The van der Waals surface area contributed by atoms with Crippen molar-refractivity contribution in [3.63, 3.8) is 0 Å². The number of hydrogen-bond acceptors (Lipinski definition) is 9. The predicted octanol–water partition coefficient (Wildman–Crippen LogP) is 6.67. The fraction of sp³-hybridized carbons (Fsp3) is 0.235. The first kappa shape index (κ1) is 33.2. The number of amides is 1. The summed E-state index contributed by atoms with van der Waals surface area (Å²) in [6, 6.07) is 22.3. The molecule has 0 aliphatic rings. The molecule has 1 amide bonds. The third-order valence-corrected chi connectivity index (χ3v) is 8.92. The lowest BCUT2D eigenvalue weighted by Gasteiger charge is -2.20. The third-order valence-electron chi connectivity index (χ3n) is 7.31. The van der Waals surface area contributed by atoms with E-state index in [4.69, 9.17) is 4.74 Å². The SMILES string of the molecule is CCC(C)c1ccc(Oc2cc(NC(=O)c3ccc(C(=O)OC)cc3)c(O)cc2CN(O)CS(=O)(=O)c2cccc(C)c2)cc1. The van der Waals surface area contributed by atoms with Crippen molar-refractivity contribution < 1.29 is 37.8 Å². The molecule has 4 rings (SSSR count). The number of hydroxylamine groups is 2. The number of benzene rings is 4. The van der Waals surface area contributed by atoms with Crippen molar-refractivity contribution in [3.8, 4) is 17.2 Å². The Labute approximate surface area is 262 Å². The lowest BCUT2D eigenvalue weighted by atomic mass is 9.99. The Kier molecular flexibility index (Phi) is 10.6. The quantitative estimate of drug-likeness (QED) is 0.0887. The van der Waals surface area contributed by atoms with Gasteiger partial charge in [-0.25, -0.2) is 13.2 Å². The number of aromatic hydroxyl groups is 1. The zero-order valence-corrected chi connectivity index (χ0v) is 26.3. The van der Waals surface area contributed by atoms with Crippen LogP contribution in [0.1, 0.15) is 63.6 Å². The number of carbonyl (C=O) groups is 2. The largest absolute Gasteiger partial charge is 0.506 e. The number of carbonyl (C=O) groups excluding carboxylic acids is 2. The van der Waals surface area contributed by atoms with Crippen LogP contribution in [-0.4, -0.2) is 48.7 Å². The first-order chi connectivity index (χ1) is 21.4. The summed E-state index contributed by atoms with van der Waals surface area (Å²) < 4.78 is 36.8. The Bertz CT molecular complexity index is 1770. The molecule has 3 N–H and O–H groups in total. The first-order valence-corrected chi connectivity index (χ1v) is 15.9. The van der Waals surface area contributed by atoms with Gasteiger partial charge in [-0.1, -0.05) is 38.1 Å². The topological polar surface area (TPSA) is 142 Å². The zero-order chi connectivity index (χ0) is 32.7. The maximum atomic E-state index is 13.0. The molecule has 11 heteroatoms. The van der Waals surface area contributed by atoms with Crippen molar-refractivity contribution in [2.45, 2.75) is 44.6 Å². The van der Waals surface area contributed by atoms with Crippen LogP contribution in [0.3, 0.4) is 0 Å². The number of methoxy groups -OCH3 is 1. The van der Waals surface area contributed by atoms with E-state index < -0.39 is 27.6 Å². The van der Waals surface area contributed by atoms with Gasteiger partial charge >= 0.3 is 5.97 Å². The molecule has 1 unspecified atom stereocenters. The highest BCUT2D eigenvalue weighted by molar-refractivity contribution is 7.91. The third kappa shape index (κ3) is 8.48. The molecule has 0 heterocycles. The summed E-state index contributed by atoms with van der Waals surface area (Å²) in [4.78, 5) is 24.8. The number of hydrogen-bond donors (Lipinski definition) is 3. The molecule has 45 heavy (non-hydrogen) atoms. The highest BCUT2D eigenvalue weighted by atomic mass is 32.2. The number of phenolic OH excluding ortho intramolecular Hbond substituents is 1. The second-order valence-corrected chi connectivity index (χ2v) is 12.7. The number of rotatable bonds is 12. The molecule has 0 aromatic heterocycles. The number of nitrogens with zero attached hydrogens (tertiary/aromatic N) is 1. The maximum absolute atomic E-state index is 13.0. The Morgan fingerprint density at radius 2 is 1.62 bits per heavy atom. The van der Waals surface area contributed by atoms with E-state index in [1.807, 2.05) is 12.1 Å². The van der Waals surface area contributed by atoms with Gasteiger partial charge in [0, 0.05) is 17.2 Å². The maximum Gasteiger partial charge on any atom is 0.337 e. The molecule has 0 fully saturated rings. The van der Waals surface area contributed by atoms with Crippen LogP contribution in [-0.2, 0) is 21.1 Å².